The van der Waals surface area contributed by atoms with E-state index in [-0.39, 0.29) is 16.3 Å². The van der Waals surface area contributed by atoms with Crippen LogP contribution in [0.25, 0.3) is 10.9 Å². The molecule has 0 fully saturated rings. The lowest BCUT2D eigenvalue weighted by atomic mass is 10.3. The third-order valence-electron chi connectivity index (χ3n) is 2.92. The van der Waals surface area contributed by atoms with Gasteiger partial charge in [-0.25, -0.2) is 4.39 Å². The fourth-order valence-corrected chi connectivity index (χ4v) is 2.24. The smallest absolute Gasteiger partial charge is 0.274 e. The SMILES string of the molecule is Cn1cc(Oc2cc(F)cc(Cl)c2)c2cc[nH]c2c1=O. The number of fused-ring (bicyclic) bond motifs is 1. The molecule has 0 aliphatic carbocycles. The molecule has 3 aromatic rings. The van der Waals surface area contributed by atoms with Crippen molar-refractivity contribution in [1.29, 1.82) is 0 Å². The van der Waals surface area contributed by atoms with Crippen LogP contribution in [-0.4, -0.2) is 9.55 Å². The van der Waals surface area contributed by atoms with Crippen LogP contribution in [0.4, 0.5) is 4.39 Å². The van der Waals surface area contributed by atoms with Gasteiger partial charge in [0.2, 0.25) is 0 Å². The van der Waals surface area contributed by atoms with Crippen molar-refractivity contribution in [2.75, 3.05) is 0 Å². The number of hydrogen-bond donors (Lipinski definition) is 1. The second kappa shape index (κ2) is 4.68. The van der Waals surface area contributed by atoms with Crippen molar-refractivity contribution in [1.82, 2.24) is 9.55 Å². The van der Waals surface area contributed by atoms with Gasteiger partial charge in [-0.3, -0.25) is 4.79 Å². The van der Waals surface area contributed by atoms with Crippen LogP contribution >= 0.6 is 11.6 Å². The normalized spacial score (nSPS) is 10.9. The Morgan fingerprint density at radius 1 is 1.35 bits per heavy atom. The first-order valence-corrected chi connectivity index (χ1v) is 6.23. The average molecular weight is 293 g/mol. The zero-order valence-corrected chi connectivity index (χ0v) is 11.2. The number of nitrogens with one attached hydrogen (secondary N) is 1. The highest BCUT2D eigenvalue weighted by Gasteiger charge is 2.10. The third-order valence-corrected chi connectivity index (χ3v) is 3.14. The Balaban J connectivity index is 2.13. The van der Waals surface area contributed by atoms with Crippen LogP contribution < -0.4 is 10.3 Å². The second-order valence-corrected chi connectivity index (χ2v) is 4.82. The lowest BCUT2D eigenvalue weighted by Gasteiger charge is -2.09. The summed E-state index contributed by atoms with van der Waals surface area (Å²) < 4.78 is 20.3. The van der Waals surface area contributed by atoms with E-state index in [4.69, 9.17) is 16.3 Å². The molecule has 102 valence electrons. The van der Waals surface area contributed by atoms with Crippen LogP contribution in [-0.2, 0) is 7.05 Å². The molecule has 0 atom stereocenters. The van der Waals surface area contributed by atoms with Gasteiger partial charge in [-0.05, 0) is 18.2 Å². The molecule has 2 aromatic heterocycles. The van der Waals surface area contributed by atoms with E-state index in [9.17, 15) is 9.18 Å². The van der Waals surface area contributed by atoms with Crippen molar-refractivity contribution >= 4 is 22.5 Å². The van der Waals surface area contributed by atoms with Gasteiger partial charge in [-0.15, -0.1) is 0 Å². The van der Waals surface area contributed by atoms with Crippen molar-refractivity contribution in [3.63, 3.8) is 0 Å². The lowest BCUT2D eigenvalue weighted by Crippen LogP contribution is -2.16. The largest absolute Gasteiger partial charge is 0.455 e. The van der Waals surface area contributed by atoms with Crippen molar-refractivity contribution in [2.24, 2.45) is 7.05 Å². The molecular weight excluding hydrogens is 283 g/mol. The Hall–Kier alpha value is -2.27. The number of aromatic amines is 1. The van der Waals surface area contributed by atoms with Crippen molar-refractivity contribution in [3.8, 4) is 11.5 Å². The summed E-state index contributed by atoms with van der Waals surface area (Å²) in [5, 5.41) is 0.878. The molecule has 2 heterocycles. The third kappa shape index (κ3) is 2.16. The first-order chi connectivity index (χ1) is 9.54. The van der Waals surface area contributed by atoms with Crippen molar-refractivity contribution in [3.05, 3.63) is 57.9 Å². The Bertz CT molecular complexity index is 834. The molecule has 0 saturated heterocycles. The summed E-state index contributed by atoms with van der Waals surface area (Å²) in [5.74, 6) is 0.240. The van der Waals surface area contributed by atoms with Crippen molar-refractivity contribution < 1.29 is 9.13 Å². The zero-order valence-electron chi connectivity index (χ0n) is 10.5. The molecule has 20 heavy (non-hydrogen) atoms. The summed E-state index contributed by atoms with van der Waals surface area (Å²) in [4.78, 5) is 14.8. The van der Waals surface area contributed by atoms with Gasteiger partial charge >= 0.3 is 0 Å². The molecule has 0 aliphatic rings. The van der Waals surface area contributed by atoms with Crippen LogP contribution in [0.3, 0.4) is 0 Å². The summed E-state index contributed by atoms with van der Waals surface area (Å²) in [5.41, 5.74) is 0.280. The van der Waals surface area contributed by atoms with E-state index < -0.39 is 5.82 Å². The predicted molar refractivity (Wildman–Crippen MR) is 75.0 cm³/mol. The number of benzene rings is 1. The quantitative estimate of drug-likeness (QED) is 0.786. The van der Waals surface area contributed by atoms with Gasteiger partial charge in [0.05, 0.1) is 6.20 Å². The highest BCUT2D eigenvalue weighted by Crippen LogP contribution is 2.29. The minimum absolute atomic E-state index is 0.158. The molecule has 0 amide bonds. The number of aryl methyl sites for hydroxylation is 1. The molecule has 6 heteroatoms. The molecule has 0 radical (unpaired) electrons. The Labute approximate surface area is 118 Å². The van der Waals surface area contributed by atoms with E-state index in [1.807, 2.05) is 0 Å². The fourth-order valence-electron chi connectivity index (χ4n) is 2.03. The predicted octanol–water partition coefficient (Wildman–Crippen LogP) is 3.45. The van der Waals surface area contributed by atoms with E-state index in [2.05, 4.69) is 4.98 Å². The molecule has 0 spiro atoms. The van der Waals surface area contributed by atoms with Crippen LogP contribution in [0, 0.1) is 5.82 Å². The summed E-state index contributed by atoms with van der Waals surface area (Å²) in [6, 6.07) is 5.66. The Morgan fingerprint density at radius 3 is 2.90 bits per heavy atom. The number of aromatic nitrogens is 2. The van der Waals surface area contributed by atoms with Crippen LogP contribution in [0.15, 0.2) is 41.5 Å². The van der Waals surface area contributed by atoms with Gasteiger partial charge in [0.15, 0.2) is 5.75 Å². The monoisotopic (exact) mass is 292 g/mol. The van der Waals surface area contributed by atoms with E-state index in [1.54, 1.807) is 25.5 Å². The van der Waals surface area contributed by atoms with Gasteiger partial charge in [0.1, 0.15) is 17.1 Å². The molecule has 0 bridgehead atoms. The van der Waals surface area contributed by atoms with E-state index in [1.165, 1.54) is 22.8 Å². The number of halogens is 2. The van der Waals surface area contributed by atoms with Gasteiger partial charge in [0.25, 0.3) is 5.56 Å². The fraction of sp³-hybridized carbons (Fsp3) is 0.0714. The molecule has 1 aromatic carbocycles. The molecular formula is C14H10ClFN2O2. The van der Waals surface area contributed by atoms with Crippen molar-refractivity contribution in [2.45, 2.75) is 0 Å². The summed E-state index contributed by atoms with van der Waals surface area (Å²) >= 11 is 5.79. The first kappa shape index (κ1) is 12.7. The summed E-state index contributed by atoms with van der Waals surface area (Å²) in [6.45, 7) is 0. The second-order valence-electron chi connectivity index (χ2n) is 4.38. The molecule has 0 saturated carbocycles. The highest BCUT2D eigenvalue weighted by atomic mass is 35.5. The molecule has 4 nitrogen and oxygen atoms in total. The minimum Gasteiger partial charge on any atom is -0.455 e. The van der Waals surface area contributed by atoms with Crippen LogP contribution in [0.2, 0.25) is 5.02 Å². The first-order valence-electron chi connectivity index (χ1n) is 5.85. The number of pyridine rings is 1. The topological polar surface area (TPSA) is 47.0 Å². The molecule has 1 N–H and O–H groups in total. The van der Waals surface area contributed by atoms with E-state index in [0.717, 1.165) is 0 Å². The van der Waals surface area contributed by atoms with Gasteiger partial charge < -0.3 is 14.3 Å². The zero-order chi connectivity index (χ0) is 14.3. The number of hydrogen-bond acceptors (Lipinski definition) is 2. The standard InChI is InChI=1S/C14H10ClFN2O2/c1-18-7-12(11-2-3-17-13(11)14(18)19)20-10-5-8(15)4-9(16)6-10/h2-7,17H,1H3. The van der Waals surface area contributed by atoms with E-state index >= 15 is 0 Å². The Morgan fingerprint density at radius 2 is 2.15 bits per heavy atom. The van der Waals surface area contributed by atoms with Crippen LogP contribution in [0.1, 0.15) is 0 Å². The maximum Gasteiger partial charge on any atom is 0.274 e. The highest BCUT2D eigenvalue weighted by molar-refractivity contribution is 6.30. The number of ether oxygens (including phenoxy) is 1. The maximum atomic E-state index is 13.3. The maximum absolute atomic E-state index is 13.3. The number of nitrogens with zero attached hydrogens (tertiary/aromatic N) is 1. The summed E-state index contributed by atoms with van der Waals surface area (Å²) in [6.07, 6.45) is 3.20. The average Bonchev–Trinajstić information content (AvgIpc) is 2.84. The molecule has 0 aliphatic heterocycles. The van der Waals surface area contributed by atoms with Gasteiger partial charge in [-0.1, -0.05) is 11.6 Å². The molecule has 3 rings (SSSR count). The number of H-pyrrole nitrogens is 1. The van der Waals surface area contributed by atoms with Gasteiger partial charge in [-0.2, -0.15) is 0 Å². The minimum atomic E-state index is -0.484. The Kier molecular flexibility index (Phi) is 2.99. The van der Waals surface area contributed by atoms with Crippen LogP contribution in [0.5, 0.6) is 11.5 Å². The number of rotatable bonds is 2. The van der Waals surface area contributed by atoms with E-state index in [0.29, 0.717) is 16.7 Å². The lowest BCUT2D eigenvalue weighted by molar-refractivity contribution is 0.476. The van der Waals surface area contributed by atoms with Gasteiger partial charge in [0, 0.05) is 29.7 Å². The molecule has 0 unspecified atom stereocenters. The summed E-state index contributed by atoms with van der Waals surface area (Å²) in [7, 11) is 1.62.